The van der Waals surface area contributed by atoms with Gasteiger partial charge in [0.1, 0.15) is 5.82 Å². The van der Waals surface area contributed by atoms with Gasteiger partial charge in [-0.2, -0.15) is 0 Å². The summed E-state index contributed by atoms with van der Waals surface area (Å²) >= 11 is 0. The third kappa shape index (κ3) is 3.25. The van der Waals surface area contributed by atoms with Gasteiger partial charge in [-0.25, -0.2) is 4.39 Å². The summed E-state index contributed by atoms with van der Waals surface area (Å²) in [5.74, 6) is 0.0909. The van der Waals surface area contributed by atoms with E-state index in [1.165, 1.54) is 40.0 Å². The molecule has 26 heavy (non-hydrogen) atoms. The molecule has 1 heterocycles. The summed E-state index contributed by atoms with van der Waals surface area (Å²) in [6.45, 7) is 4.96. The Labute approximate surface area is 154 Å². The van der Waals surface area contributed by atoms with Gasteiger partial charge in [-0.15, -0.1) is 0 Å². The van der Waals surface area contributed by atoms with Gasteiger partial charge in [-0.05, 0) is 47.7 Å². The molecule has 0 bridgehead atoms. The maximum absolute atomic E-state index is 13.3. The number of rotatable bonds is 4. The van der Waals surface area contributed by atoms with Crippen molar-refractivity contribution in [3.63, 3.8) is 0 Å². The molecule has 2 nitrogen and oxygen atoms in total. The largest absolute Gasteiger partial charge is 0.395 e. The first-order valence-corrected chi connectivity index (χ1v) is 9.26. The van der Waals surface area contributed by atoms with Crippen molar-refractivity contribution in [1.82, 2.24) is 4.90 Å². The highest BCUT2D eigenvalue weighted by Crippen LogP contribution is 2.44. The molecule has 2 aliphatic rings. The monoisotopic (exact) mass is 349 g/mol. The summed E-state index contributed by atoms with van der Waals surface area (Å²) in [5, 5.41) is 9.14. The number of nitrogens with zero attached hydrogens (tertiary/aromatic N) is 1. The predicted molar refractivity (Wildman–Crippen MR) is 104 cm³/mol. The van der Waals surface area contributed by atoms with Gasteiger partial charge >= 0.3 is 0 Å². The summed E-state index contributed by atoms with van der Waals surface area (Å²) in [6.07, 6.45) is 5.68. The Morgan fingerprint density at radius 3 is 2.65 bits per heavy atom. The van der Waals surface area contributed by atoms with Crippen molar-refractivity contribution in [2.75, 3.05) is 26.2 Å². The van der Waals surface area contributed by atoms with Gasteiger partial charge in [0.2, 0.25) is 0 Å². The Balaban J connectivity index is 1.71. The first-order chi connectivity index (χ1) is 12.7. The number of aliphatic hydroxyl groups is 1. The Hall–Kier alpha value is -2.23. The van der Waals surface area contributed by atoms with E-state index < -0.39 is 0 Å². The van der Waals surface area contributed by atoms with Gasteiger partial charge in [0.25, 0.3) is 0 Å². The van der Waals surface area contributed by atoms with Crippen LogP contribution in [0.5, 0.6) is 0 Å². The number of allylic oxidation sites excluding steroid dienone is 1. The lowest BCUT2D eigenvalue weighted by atomic mass is 9.88. The summed E-state index contributed by atoms with van der Waals surface area (Å²) in [5.41, 5.74) is 7.59. The molecule has 1 aliphatic carbocycles. The van der Waals surface area contributed by atoms with E-state index in [0.29, 0.717) is 5.92 Å². The smallest absolute Gasteiger partial charge is 0.123 e. The maximum Gasteiger partial charge on any atom is 0.123 e. The van der Waals surface area contributed by atoms with E-state index >= 15 is 0 Å². The average Bonchev–Trinajstić information content (AvgIpc) is 3.02. The molecule has 0 saturated heterocycles. The minimum Gasteiger partial charge on any atom is -0.395 e. The van der Waals surface area contributed by atoms with Gasteiger partial charge in [-0.3, -0.25) is 4.90 Å². The Morgan fingerprint density at radius 2 is 1.96 bits per heavy atom. The van der Waals surface area contributed by atoms with Crippen LogP contribution in [0.15, 0.2) is 60.2 Å². The van der Waals surface area contributed by atoms with E-state index in [1.54, 1.807) is 0 Å². The molecular weight excluding hydrogens is 325 g/mol. The molecule has 0 amide bonds. The lowest BCUT2D eigenvalue weighted by Crippen LogP contribution is -2.32. The first kappa shape index (κ1) is 17.2. The van der Waals surface area contributed by atoms with Crippen LogP contribution in [-0.4, -0.2) is 36.2 Å². The highest BCUT2D eigenvalue weighted by atomic mass is 19.1. The normalized spacial score (nSPS) is 19.9. The maximum atomic E-state index is 13.3. The molecule has 0 saturated carbocycles. The zero-order valence-corrected chi connectivity index (χ0v) is 15.1. The third-order valence-electron chi connectivity index (χ3n) is 5.46. The van der Waals surface area contributed by atoms with E-state index in [9.17, 15) is 4.39 Å². The number of hydrogen-bond donors (Lipinski definition) is 1. The molecule has 0 fully saturated rings. The van der Waals surface area contributed by atoms with Gasteiger partial charge in [-0.1, -0.05) is 53.6 Å². The summed E-state index contributed by atoms with van der Waals surface area (Å²) in [6, 6.07) is 13.4. The van der Waals surface area contributed by atoms with Crippen molar-refractivity contribution in [3.05, 3.63) is 88.3 Å². The second-order valence-corrected chi connectivity index (χ2v) is 7.21. The van der Waals surface area contributed by atoms with Crippen molar-refractivity contribution in [2.24, 2.45) is 0 Å². The highest BCUT2D eigenvalue weighted by Gasteiger charge is 2.28. The van der Waals surface area contributed by atoms with E-state index in [2.05, 4.69) is 42.2 Å². The molecular formula is C23H24FNO. The van der Waals surface area contributed by atoms with Crippen molar-refractivity contribution >= 4 is 5.57 Å². The van der Waals surface area contributed by atoms with Crippen LogP contribution in [0.3, 0.4) is 0 Å². The molecule has 2 aromatic rings. The number of β-amino-alcohol motifs (C(OH)–C–C–N with tert-alkyl or cyclic N) is 1. The van der Waals surface area contributed by atoms with Crippen molar-refractivity contribution in [1.29, 1.82) is 0 Å². The summed E-state index contributed by atoms with van der Waals surface area (Å²) in [4.78, 5) is 2.28. The molecule has 1 unspecified atom stereocenters. The lowest BCUT2D eigenvalue weighted by molar-refractivity contribution is 0.204. The molecule has 1 atom stereocenters. The molecule has 4 rings (SSSR count). The number of hydrogen-bond acceptors (Lipinski definition) is 2. The fraction of sp³-hybridized carbons (Fsp3) is 0.304. The third-order valence-corrected chi connectivity index (χ3v) is 5.46. The van der Waals surface area contributed by atoms with E-state index in [0.717, 1.165) is 31.6 Å². The van der Waals surface area contributed by atoms with Crippen LogP contribution in [0.1, 0.15) is 34.6 Å². The van der Waals surface area contributed by atoms with E-state index in [-0.39, 0.29) is 12.4 Å². The number of halogens is 1. The molecule has 1 aliphatic heterocycles. The number of aliphatic hydroxyl groups excluding tert-OH is 1. The predicted octanol–water partition coefficient (Wildman–Crippen LogP) is 4.29. The quantitative estimate of drug-likeness (QED) is 0.833. The zero-order valence-electron chi connectivity index (χ0n) is 15.1. The van der Waals surface area contributed by atoms with Crippen molar-refractivity contribution in [2.45, 2.75) is 19.3 Å². The van der Waals surface area contributed by atoms with Crippen LogP contribution in [-0.2, 0) is 0 Å². The van der Waals surface area contributed by atoms with Crippen LogP contribution in [0.4, 0.5) is 4.39 Å². The Bertz CT molecular complexity index is 866. The van der Waals surface area contributed by atoms with Gasteiger partial charge in [0.05, 0.1) is 6.61 Å². The molecule has 1 N–H and O–H groups in total. The SMILES string of the molecule is Cc1ccc2c(c1)C(C1=CCN(CCO)CC1)C=C2c1ccc(F)cc1. The van der Waals surface area contributed by atoms with E-state index in [4.69, 9.17) is 5.11 Å². The summed E-state index contributed by atoms with van der Waals surface area (Å²) < 4.78 is 13.3. The number of fused-ring (bicyclic) bond motifs is 1. The standard InChI is InChI=1S/C23H24FNO/c1-16-2-7-20-21(17-3-5-19(24)6-4-17)15-22(23(20)14-16)18-8-10-25(11-9-18)12-13-26/h2-8,14-15,22,26H,9-13H2,1H3. The topological polar surface area (TPSA) is 23.5 Å². The Morgan fingerprint density at radius 1 is 1.15 bits per heavy atom. The minimum atomic E-state index is -0.202. The second kappa shape index (κ2) is 7.18. The first-order valence-electron chi connectivity index (χ1n) is 9.26. The van der Waals surface area contributed by atoms with Gasteiger partial charge in [0, 0.05) is 25.6 Å². The average molecular weight is 349 g/mol. The molecule has 3 heteroatoms. The van der Waals surface area contributed by atoms with Crippen LogP contribution in [0.2, 0.25) is 0 Å². The van der Waals surface area contributed by atoms with E-state index in [1.807, 2.05) is 12.1 Å². The molecule has 0 aromatic heterocycles. The Kier molecular flexibility index (Phi) is 4.75. The number of aryl methyl sites for hydroxylation is 1. The second-order valence-electron chi connectivity index (χ2n) is 7.21. The highest BCUT2D eigenvalue weighted by molar-refractivity contribution is 5.86. The van der Waals surface area contributed by atoms with Gasteiger partial charge in [0.15, 0.2) is 0 Å². The van der Waals surface area contributed by atoms with Crippen molar-refractivity contribution < 1.29 is 9.50 Å². The van der Waals surface area contributed by atoms with Crippen LogP contribution >= 0.6 is 0 Å². The molecule has 0 spiro atoms. The van der Waals surface area contributed by atoms with Crippen LogP contribution in [0, 0.1) is 12.7 Å². The molecule has 134 valence electrons. The zero-order chi connectivity index (χ0) is 18.1. The lowest BCUT2D eigenvalue weighted by Gasteiger charge is -2.28. The van der Waals surface area contributed by atoms with Crippen LogP contribution < -0.4 is 0 Å². The fourth-order valence-electron chi connectivity index (χ4n) is 4.07. The molecule has 0 radical (unpaired) electrons. The van der Waals surface area contributed by atoms with Gasteiger partial charge < -0.3 is 5.11 Å². The van der Waals surface area contributed by atoms with Crippen LogP contribution in [0.25, 0.3) is 5.57 Å². The van der Waals surface area contributed by atoms with Crippen molar-refractivity contribution in [3.8, 4) is 0 Å². The fourth-order valence-corrected chi connectivity index (χ4v) is 4.07. The summed E-state index contributed by atoms with van der Waals surface area (Å²) in [7, 11) is 0. The minimum absolute atomic E-state index is 0.202. The number of benzene rings is 2. The molecule has 2 aromatic carbocycles.